The van der Waals surface area contributed by atoms with Gasteiger partial charge in [0, 0.05) is 13.2 Å². The Morgan fingerprint density at radius 2 is 2.06 bits per heavy atom. The Hall–Kier alpha value is -0.610. The Morgan fingerprint density at radius 3 is 2.62 bits per heavy atom. The summed E-state index contributed by atoms with van der Waals surface area (Å²) >= 11 is 0. The van der Waals surface area contributed by atoms with Crippen molar-refractivity contribution in [1.29, 1.82) is 0 Å². The summed E-state index contributed by atoms with van der Waals surface area (Å²) in [6, 6.07) is 0. The number of carbonyl (C=O) groups is 1. The van der Waals surface area contributed by atoms with Gasteiger partial charge in [-0.25, -0.2) is 0 Å². The minimum Gasteiger partial charge on any atom is -0.481 e. The molecule has 0 aliphatic carbocycles. The molecular formula is C12H23NO3. The smallest absolute Gasteiger partial charge is 0.306 e. The van der Waals surface area contributed by atoms with Crippen LogP contribution in [-0.2, 0) is 9.53 Å². The summed E-state index contributed by atoms with van der Waals surface area (Å²) in [6.07, 6.45) is 3.86. The lowest BCUT2D eigenvalue weighted by Crippen LogP contribution is -2.38. The molecule has 0 aromatic carbocycles. The molecule has 1 heterocycles. The third kappa shape index (κ3) is 4.94. The summed E-state index contributed by atoms with van der Waals surface area (Å²) in [5, 5.41) is 8.85. The maximum Gasteiger partial charge on any atom is 0.306 e. The summed E-state index contributed by atoms with van der Waals surface area (Å²) in [6.45, 7) is 6.51. The van der Waals surface area contributed by atoms with Crippen molar-refractivity contribution in [2.24, 2.45) is 5.92 Å². The molecule has 0 saturated carbocycles. The van der Waals surface area contributed by atoms with Gasteiger partial charge >= 0.3 is 5.97 Å². The van der Waals surface area contributed by atoms with E-state index in [1.54, 1.807) is 0 Å². The highest BCUT2D eigenvalue weighted by atomic mass is 16.5. The Bertz CT molecular complexity index is 200. The minimum absolute atomic E-state index is 0.128. The fraction of sp³-hybridized carbons (Fsp3) is 0.917. The van der Waals surface area contributed by atoms with E-state index in [-0.39, 0.29) is 5.92 Å². The van der Waals surface area contributed by atoms with Crippen molar-refractivity contribution in [1.82, 2.24) is 4.90 Å². The zero-order chi connectivity index (χ0) is 11.8. The van der Waals surface area contributed by atoms with Crippen molar-refractivity contribution in [2.75, 3.05) is 32.8 Å². The van der Waals surface area contributed by atoms with Gasteiger partial charge in [0.1, 0.15) is 0 Å². The van der Waals surface area contributed by atoms with Crippen LogP contribution >= 0.6 is 0 Å². The highest BCUT2D eigenvalue weighted by molar-refractivity contribution is 5.70. The molecule has 94 valence electrons. The maximum absolute atomic E-state index is 10.8. The first kappa shape index (κ1) is 13.5. The molecule has 0 bridgehead atoms. The number of hydrogen-bond acceptors (Lipinski definition) is 3. The van der Waals surface area contributed by atoms with Crippen molar-refractivity contribution < 1.29 is 14.6 Å². The molecule has 1 rings (SSSR count). The molecule has 0 spiro atoms. The quantitative estimate of drug-likeness (QED) is 0.674. The fourth-order valence-electron chi connectivity index (χ4n) is 1.95. The summed E-state index contributed by atoms with van der Waals surface area (Å²) in [7, 11) is 0. The number of likely N-dealkylation sites (tertiary alicyclic amines) is 1. The second-order valence-electron chi connectivity index (χ2n) is 4.42. The molecule has 0 atom stereocenters. The molecule has 4 heteroatoms. The first-order chi connectivity index (χ1) is 7.74. The molecular weight excluding hydrogens is 206 g/mol. The fourth-order valence-corrected chi connectivity index (χ4v) is 1.95. The van der Waals surface area contributed by atoms with Gasteiger partial charge in [-0.2, -0.15) is 0 Å². The standard InChI is InChI=1S/C12H23NO3/c1-2-3-9-16-10-8-13-6-4-11(5-7-13)12(14)15/h11H,2-10H2,1H3,(H,14,15). The second kappa shape index (κ2) is 7.63. The molecule has 4 nitrogen and oxygen atoms in total. The Labute approximate surface area is 97.6 Å². The largest absolute Gasteiger partial charge is 0.481 e. The topological polar surface area (TPSA) is 49.8 Å². The van der Waals surface area contributed by atoms with Gasteiger partial charge in [-0.05, 0) is 32.4 Å². The monoisotopic (exact) mass is 229 g/mol. The first-order valence-electron chi connectivity index (χ1n) is 6.27. The van der Waals surface area contributed by atoms with Crippen LogP contribution in [0, 0.1) is 5.92 Å². The van der Waals surface area contributed by atoms with Crippen LogP contribution in [0.25, 0.3) is 0 Å². The number of rotatable bonds is 7. The SMILES string of the molecule is CCCCOCCN1CCC(C(=O)O)CC1. The van der Waals surface area contributed by atoms with Gasteiger partial charge in [0.25, 0.3) is 0 Å². The van der Waals surface area contributed by atoms with E-state index in [0.29, 0.717) is 0 Å². The zero-order valence-electron chi connectivity index (χ0n) is 10.2. The van der Waals surface area contributed by atoms with Gasteiger partial charge in [0.05, 0.1) is 12.5 Å². The van der Waals surface area contributed by atoms with E-state index in [2.05, 4.69) is 11.8 Å². The number of unbranched alkanes of at least 4 members (excludes halogenated alkanes) is 1. The lowest BCUT2D eigenvalue weighted by atomic mass is 9.97. The summed E-state index contributed by atoms with van der Waals surface area (Å²) in [5.41, 5.74) is 0. The van der Waals surface area contributed by atoms with E-state index in [1.807, 2.05) is 0 Å². The van der Waals surface area contributed by atoms with Crippen LogP contribution < -0.4 is 0 Å². The molecule has 1 fully saturated rings. The van der Waals surface area contributed by atoms with Gasteiger partial charge in [-0.1, -0.05) is 13.3 Å². The predicted octanol–water partition coefficient (Wildman–Crippen LogP) is 1.60. The second-order valence-corrected chi connectivity index (χ2v) is 4.42. The van der Waals surface area contributed by atoms with Crippen LogP contribution in [0.15, 0.2) is 0 Å². The van der Waals surface area contributed by atoms with Crippen LogP contribution in [0.1, 0.15) is 32.6 Å². The third-order valence-electron chi connectivity index (χ3n) is 3.13. The number of ether oxygens (including phenoxy) is 1. The van der Waals surface area contributed by atoms with Crippen molar-refractivity contribution in [2.45, 2.75) is 32.6 Å². The predicted molar refractivity (Wildman–Crippen MR) is 62.5 cm³/mol. The third-order valence-corrected chi connectivity index (χ3v) is 3.13. The van der Waals surface area contributed by atoms with Gasteiger partial charge < -0.3 is 14.7 Å². The van der Waals surface area contributed by atoms with E-state index in [0.717, 1.165) is 52.1 Å². The lowest BCUT2D eigenvalue weighted by Gasteiger charge is -2.29. The first-order valence-corrected chi connectivity index (χ1v) is 6.27. The van der Waals surface area contributed by atoms with E-state index < -0.39 is 5.97 Å². The summed E-state index contributed by atoms with van der Waals surface area (Å²) < 4.78 is 5.49. The van der Waals surface area contributed by atoms with Crippen LogP contribution in [-0.4, -0.2) is 48.8 Å². The highest BCUT2D eigenvalue weighted by Crippen LogP contribution is 2.16. The number of hydrogen-bond donors (Lipinski definition) is 1. The van der Waals surface area contributed by atoms with Crippen LogP contribution in [0.4, 0.5) is 0 Å². The maximum atomic E-state index is 10.8. The molecule has 1 aliphatic rings. The van der Waals surface area contributed by atoms with Gasteiger partial charge in [-0.15, -0.1) is 0 Å². The molecule has 0 amide bonds. The number of aliphatic carboxylic acids is 1. The minimum atomic E-state index is -0.640. The van der Waals surface area contributed by atoms with Gasteiger partial charge in [0.2, 0.25) is 0 Å². The van der Waals surface area contributed by atoms with Crippen molar-refractivity contribution in [3.8, 4) is 0 Å². The molecule has 0 unspecified atom stereocenters. The molecule has 0 radical (unpaired) electrons. The molecule has 0 aromatic heterocycles. The van der Waals surface area contributed by atoms with Crippen LogP contribution in [0.3, 0.4) is 0 Å². The van der Waals surface area contributed by atoms with Crippen molar-refractivity contribution in [3.05, 3.63) is 0 Å². The number of piperidine rings is 1. The normalized spacial score (nSPS) is 18.8. The lowest BCUT2D eigenvalue weighted by molar-refractivity contribution is -0.143. The molecule has 1 saturated heterocycles. The van der Waals surface area contributed by atoms with Gasteiger partial charge in [-0.3, -0.25) is 4.79 Å². The molecule has 0 aromatic rings. The zero-order valence-corrected chi connectivity index (χ0v) is 10.2. The molecule has 16 heavy (non-hydrogen) atoms. The van der Waals surface area contributed by atoms with Crippen LogP contribution in [0.2, 0.25) is 0 Å². The molecule has 1 aliphatic heterocycles. The Balaban J connectivity index is 2.02. The summed E-state index contributed by atoms with van der Waals surface area (Å²) in [4.78, 5) is 13.0. The Kier molecular flexibility index (Phi) is 6.42. The average Bonchev–Trinajstić information content (AvgIpc) is 2.29. The van der Waals surface area contributed by atoms with Crippen LogP contribution in [0.5, 0.6) is 0 Å². The Morgan fingerprint density at radius 1 is 1.38 bits per heavy atom. The van der Waals surface area contributed by atoms with E-state index in [9.17, 15) is 4.79 Å². The van der Waals surface area contributed by atoms with E-state index in [1.165, 1.54) is 6.42 Å². The van der Waals surface area contributed by atoms with Crippen molar-refractivity contribution in [3.63, 3.8) is 0 Å². The number of carboxylic acid groups (broad SMARTS) is 1. The number of carboxylic acids is 1. The van der Waals surface area contributed by atoms with Gasteiger partial charge in [0.15, 0.2) is 0 Å². The summed E-state index contributed by atoms with van der Waals surface area (Å²) in [5.74, 6) is -0.767. The van der Waals surface area contributed by atoms with E-state index >= 15 is 0 Å². The highest BCUT2D eigenvalue weighted by Gasteiger charge is 2.23. The average molecular weight is 229 g/mol. The molecule has 1 N–H and O–H groups in total. The number of nitrogens with zero attached hydrogens (tertiary/aromatic N) is 1. The van der Waals surface area contributed by atoms with Crippen molar-refractivity contribution >= 4 is 5.97 Å². The van der Waals surface area contributed by atoms with E-state index in [4.69, 9.17) is 9.84 Å².